The van der Waals surface area contributed by atoms with E-state index in [4.69, 9.17) is 4.74 Å². The van der Waals surface area contributed by atoms with Crippen LogP contribution in [0.3, 0.4) is 0 Å². The summed E-state index contributed by atoms with van der Waals surface area (Å²) < 4.78 is 21.9. The normalized spacial score (nSPS) is 16.0. The molecule has 5 rings (SSSR count). The molecule has 1 aliphatic rings. The Morgan fingerprint density at radius 1 is 1.22 bits per heavy atom. The summed E-state index contributed by atoms with van der Waals surface area (Å²) in [5, 5.41) is 7.74. The molecular weight excluding hydrogens is 477 g/mol. The van der Waals surface area contributed by atoms with Gasteiger partial charge < -0.3 is 20.3 Å². The number of aromatic nitrogens is 2. The molecule has 0 spiro atoms. The van der Waals surface area contributed by atoms with Crippen LogP contribution in [0.1, 0.15) is 24.3 Å². The number of carbonyl (C=O) groups excluding carboxylic acids is 1. The third-order valence-electron chi connectivity index (χ3n) is 6.09. The van der Waals surface area contributed by atoms with Crippen LogP contribution >= 0.6 is 11.3 Å². The second-order valence-corrected chi connectivity index (χ2v) is 9.69. The van der Waals surface area contributed by atoms with Crippen LogP contribution in [0.5, 0.6) is 11.6 Å². The molecule has 9 heteroatoms. The van der Waals surface area contributed by atoms with E-state index < -0.39 is 0 Å². The number of anilines is 3. The van der Waals surface area contributed by atoms with Gasteiger partial charge in [0.25, 0.3) is 0 Å². The van der Waals surface area contributed by atoms with Gasteiger partial charge in [-0.1, -0.05) is 18.7 Å². The van der Waals surface area contributed by atoms with E-state index in [2.05, 4.69) is 39.1 Å². The molecule has 0 aliphatic carbocycles. The van der Waals surface area contributed by atoms with Crippen LogP contribution < -0.4 is 15.4 Å². The van der Waals surface area contributed by atoms with Gasteiger partial charge in [-0.15, -0.1) is 11.3 Å². The summed E-state index contributed by atoms with van der Waals surface area (Å²) >= 11 is 1.46. The maximum Gasteiger partial charge on any atom is 0.247 e. The standard InChI is InChI=1S/C27H26FN5O2S/c1-3-24(34)29-18-7-4-8-20(14-18)35-26-25-23(11-13-36-25)31-27(32-26)30-19-9-10-21(22(28)15-19)17-6-5-12-33(2)16-17/h3-4,7-11,13-15,17H,1,5-6,12,16H2,2H3,(H,29,34)(H,30,31,32). The van der Waals surface area contributed by atoms with Gasteiger partial charge in [-0.2, -0.15) is 4.98 Å². The quantitative estimate of drug-likeness (QED) is 0.288. The molecule has 7 nitrogen and oxygen atoms in total. The first kappa shape index (κ1) is 23.9. The Kier molecular flexibility index (Phi) is 6.92. The summed E-state index contributed by atoms with van der Waals surface area (Å²) in [4.78, 5) is 23.0. The first-order valence-corrected chi connectivity index (χ1v) is 12.6. The Balaban J connectivity index is 1.38. The minimum Gasteiger partial charge on any atom is -0.437 e. The van der Waals surface area contributed by atoms with Gasteiger partial charge in [-0.05, 0) is 79.7 Å². The summed E-state index contributed by atoms with van der Waals surface area (Å²) in [7, 11) is 2.07. The summed E-state index contributed by atoms with van der Waals surface area (Å²) in [5.74, 6) is 0.831. The molecule has 2 N–H and O–H groups in total. The third kappa shape index (κ3) is 5.37. The third-order valence-corrected chi connectivity index (χ3v) is 6.99. The van der Waals surface area contributed by atoms with E-state index in [-0.39, 0.29) is 17.6 Å². The summed E-state index contributed by atoms with van der Waals surface area (Å²) in [6.45, 7) is 5.38. The van der Waals surface area contributed by atoms with E-state index in [1.165, 1.54) is 23.5 Å². The van der Waals surface area contributed by atoms with Gasteiger partial charge in [0.15, 0.2) is 0 Å². The number of fused-ring (bicyclic) bond motifs is 1. The van der Waals surface area contributed by atoms with Gasteiger partial charge in [-0.25, -0.2) is 9.37 Å². The number of likely N-dealkylation sites (N-methyl/N-ethyl adjacent to an activating group) is 1. The van der Waals surface area contributed by atoms with E-state index >= 15 is 4.39 Å². The van der Waals surface area contributed by atoms with Crippen molar-refractivity contribution in [2.75, 3.05) is 30.8 Å². The van der Waals surface area contributed by atoms with E-state index in [9.17, 15) is 4.79 Å². The molecule has 0 radical (unpaired) electrons. The lowest BCUT2D eigenvalue weighted by Gasteiger charge is -2.30. The van der Waals surface area contributed by atoms with Crippen LogP contribution in [0, 0.1) is 5.82 Å². The average Bonchev–Trinajstić information content (AvgIpc) is 3.33. The molecule has 3 heterocycles. The van der Waals surface area contributed by atoms with Crippen molar-refractivity contribution in [2.24, 2.45) is 0 Å². The van der Waals surface area contributed by atoms with E-state index in [1.54, 1.807) is 24.3 Å². The summed E-state index contributed by atoms with van der Waals surface area (Å²) in [5.41, 5.74) is 2.60. The van der Waals surface area contributed by atoms with Gasteiger partial charge in [0.1, 0.15) is 16.3 Å². The molecule has 1 aliphatic heterocycles. The maximum absolute atomic E-state index is 15.0. The molecule has 1 amide bonds. The monoisotopic (exact) mass is 503 g/mol. The predicted molar refractivity (Wildman–Crippen MR) is 142 cm³/mol. The summed E-state index contributed by atoms with van der Waals surface area (Å²) in [6.07, 6.45) is 3.26. The minimum absolute atomic E-state index is 0.197. The van der Waals surface area contributed by atoms with Gasteiger partial charge >= 0.3 is 0 Å². The van der Waals surface area contributed by atoms with E-state index in [1.807, 2.05) is 23.6 Å². The Labute approximate surface area is 212 Å². The lowest BCUT2D eigenvalue weighted by Crippen LogP contribution is -2.31. The number of amides is 1. The summed E-state index contributed by atoms with van der Waals surface area (Å²) in [6, 6.07) is 14.1. The van der Waals surface area contributed by atoms with Gasteiger partial charge in [0.05, 0.1) is 5.52 Å². The van der Waals surface area contributed by atoms with Crippen molar-refractivity contribution in [3.8, 4) is 11.6 Å². The molecule has 0 saturated carbocycles. The number of halogens is 1. The van der Waals surface area contributed by atoms with Crippen molar-refractivity contribution in [3.63, 3.8) is 0 Å². The lowest BCUT2D eigenvalue weighted by molar-refractivity contribution is -0.111. The average molecular weight is 504 g/mol. The first-order chi connectivity index (χ1) is 17.5. The van der Waals surface area contributed by atoms with Crippen LogP contribution in [-0.4, -0.2) is 40.9 Å². The number of benzene rings is 2. The topological polar surface area (TPSA) is 79.4 Å². The Hall–Kier alpha value is -3.82. The largest absolute Gasteiger partial charge is 0.437 e. The number of ether oxygens (including phenoxy) is 1. The maximum atomic E-state index is 15.0. The zero-order chi connectivity index (χ0) is 25.1. The molecule has 2 aromatic heterocycles. The smallest absolute Gasteiger partial charge is 0.247 e. The molecule has 1 unspecified atom stereocenters. The molecule has 1 saturated heterocycles. The molecule has 184 valence electrons. The second kappa shape index (κ2) is 10.4. The highest BCUT2D eigenvalue weighted by Gasteiger charge is 2.22. The molecule has 4 aromatic rings. The number of rotatable bonds is 7. The zero-order valence-corrected chi connectivity index (χ0v) is 20.6. The molecule has 0 bridgehead atoms. The number of hydrogen-bond donors (Lipinski definition) is 2. The molecule has 2 aromatic carbocycles. The Bertz CT molecular complexity index is 1420. The highest BCUT2D eigenvalue weighted by atomic mass is 32.1. The number of nitrogens with one attached hydrogen (secondary N) is 2. The molecule has 1 fully saturated rings. The number of likely N-dealkylation sites (tertiary alicyclic amines) is 1. The number of thiophene rings is 1. The van der Waals surface area contributed by atoms with Crippen molar-refractivity contribution in [3.05, 3.63) is 77.9 Å². The van der Waals surface area contributed by atoms with Crippen molar-refractivity contribution >= 4 is 44.8 Å². The number of hydrogen-bond acceptors (Lipinski definition) is 7. The molecule has 1 atom stereocenters. The Morgan fingerprint density at radius 2 is 2.11 bits per heavy atom. The Morgan fingerprint density at radius 3 is 2.92 bits per heavy atom. The SMILES string of the molecule is C=CC(=O)Nc1cccc(Oc2nc(Nc3ccc(C4CCCN(C)C4)c(F)c3)nc3ccsc23)c1. The molecule has 36 heavy (non-hydrogen) atoms. The predicted octanol–water partition coefficient (Wildman–Crippen LogP) is 6.30. The fraction of sp³-hybridized carbons (Fsp3) is 0.222. The van der Waals surface area contributed by atoms with Crippen LogP contribution in [0.2, 0.25) is 0 Å². The van der Waals surface area contributed by atoms with Crippen molar-refractivity contribution in [1.29, 1.82) is 0 Å². The second-order valence-electron chi connectivity index (χ2n) is 8.77. The van der Waals surface area contributed by atoms with Gasteiger partial charge in [0.2, 0.25) is 17.7 Å². The highest BCUT2D eigenvalue weighted by Crippen LogP contribution is 2.34. The highest BCUT2D eigenvalue weighted by molar-refractivity contribution is 7.17. The van der Waals surface area contributed by atoms with Crippen LogP contribution in [-0.2, 0) is 4.79 Å². The van der Waals surface area contributed by atoms with Crippen LogP contribution in [0.15, 0.2) is 66.6 Å². The number of piperidine rings is 1. The fourth-order valence-corrected chi connectivity index (χ4v) is 5.14. The minimum atomic E-state index is -0.310. The van der Waals surface area contributed by atoms with Crippen LogP contribution in [0.25, 0.3) is 10.2 Å². The first-order valence-electron chi connectivity index (χ1n) is 11.7. The zero-order valence-electron chi connectivity index (χ0n) is 19.8. The van der Waals surface area contributed by atoms with E-state index in [0.717, 1.165) is 36.2 Å². The number of carbonyl (C=O) groups is 1. The lowest BCUT2D eigenvalue weighted by atomic mass is 9.90. The van der Waals surface area contributed by atoms with Crippen molar-refractivity contribution in [2.45, 2.75) is 18.8 Å². The van der Waals surface area contributed by atoms with Crippen LogP contribution in [0.4, 0.5) is 21.7 Å². The number of nitrogens with zero attached hydrogens (tertiary/aromatic N) is 3. The molecular formula is C27H26FN5O2S. The van der Waals surface area contributed by atoms with Crippen molar-refractivity contribution in [1.82, 2.24) is 14.9 Å². The fourth-order valence-electron chi connectivity index (χ4n) is 4.39. The van der Waals surface area contributed by atoms with Gasteiger partial charge in [-0.3, -0.25) is 4.79 Å². The van der Waals surface area contributed by atoms with E-state index in [0.29, 0.717) is 34.5 Å². The van der Waals surface area contributed by atoms with Crippen molar-refractivity contribution < 1.29 is 13.9 Å². The van der Waals surface area contributed by atoms with Gasteiger partial charge in [0, 0.05) is 24.0 Å².